The summed E-state index contributed by atoms with van der Waals surface area (Å²) >= 11 is 0. The van der Waals surface area contributed by atoms with Crippen molar-refractivity contribution in [2.24, 2.45) is 0 Å². The van der Waals surface area contributed by atoms with Crippen LogP contribution in [0.5, 0.6) is 0 Å². The molecule has 0 spiro atoms. The summed E-state index contributed by atoms with van der Waals surface area (Å²) in [6.45, 7) is 2.16. The van der Waals surface area contributed by atoms with E-state index in [2.05, 4.69) is 5.32 Å². The molecule has 0 aromatic heterocycles. The number of benzene rings is 1. The van der Waals surface area contributed by atoms with Crippen molar-refractivity contribution in [1.82, 2.24) is 9.62 Å². The number of hydrogen-bond acceptors (Lipinski definition) is 4. The average molecular weight is 293 g/mol. The molecule has 0 radical (unpaired) electrons. The summed E-state index contributed by atoms with van der Waals surface area (Å²) in [5, 5.41) is 11.5. The third kappa shape index (κ3) is 2.98. The number of hydrogen-bond donors (Lipinski definition) is 1. The molecule has 0 saturated carbocycles. The first-order valence-electron chi connectivity index (χ1n) is 6.20. The number of nitrogens with one attached hydrogen (secondary N) is 1. The Balaban J connectivity index is 2.22. The first-order chi connectivity index (χ1) is 9.44. The number of nitriles is 1. The summed E-state index contributed by atoms with van der Waals surface area (Å²) in [5.74, 6) is -0.495. The molecule has 1 aromatic carbocycles. The summed E-state index contributed by atoms with van der Waals surface area (Å²) in [6.07, 6.45) is 0. The molecule has 1 fully saturated rings. The summed E-state index contributed by atoms with van der Waals surface area (Å²) in [7, 11) is -3.58. The van der Waals surface area contributed by atoms with Crippen LogP contribution in [-0.2, 0) is 20.6 Å². The molecule has 1 N–H and O–H groups in total. The van der Waals surface area contributed by atoms with Gasteiger partial charge in [0.1, 0.15) is 6.04 Å². The predicted molar refractivity (Wildman–Crippen MR) is 73.0 cm³/mol. The maximum absolute atomic E-state index is 12.4. The van der Waals surface area contributed by atoms with E-state index in [0.717, 1.165) is 0 Å². The van der Waals surface area contributed by atoms with E-state index in [0.29, 0.717) is 17.7 Å². The Labute approximate surface area is 118 Å². The van der Waals surface area contributed by atoms with Gasteiger partial charge in [0.15, 0.2) is 0 Å². The molecule has 0 bridgehead atoms. The zero-order chi connectivity index (χ0) is 14.8. The summed E-state index contributed by atoms with van der Waals surface area (Å²) in [6, 6.07) is 7.75. The molecular weight excluding hydrogens is 278 g/mol. The third-order valence-corrected chi connectivity index (χ3v) is 5.12. The molecule has 1 unspecified atom stereocenters. The molecule has 7 heteroatoms. The number of rotatable bonds is 3. The first kappa shape index (κ1) is 14.5. The second kappa shape index (κ2) is 5.61. The summed E-state index contributed by atoms with van der Waals surface area (Å²) < 4.78 is 26.0. The van der Waals surface area contributed by atoms with E-state index in [1.807, 2.05) is 6.07 Å². The molecule has 1 atom stereocenters. The topological polar surface area (TPSA) is 90.3 Å². The van der Waals surface area contributed by atoms with E-state index in [1.165, 1.54) is 4.31 Å². The van der Waals surface area contributed by atoms with Gasteiger partial charge in [-0.25, -0.2) is 8.42 Å². The van der Waals surface area contributed by atoms with Crippen LogP contribution in [0.4, 0.5) is 0 Å². The Kier molecular flexibility index (Phi) is 4.06. The van der Waals surface area contributed by atoms with Crippen molar-refractivity contribution in [1.29, 1.82) is 5.26 Å². The van der Waals surface area contributed by atoms with Crippen molar-refractivity contribution in [2.45, 2.75) is 18.7 Å². The molecule has 1 heterocycles. The van der Waals surface area contributed by atoms with E-state index >= 15 is 0 Å². The lowest BCUT2D eigenvalue weighted by Gasteiger charge is -2.31. The molecule has 6 nitrogen and oxygen atoms in total. The van der Waals surface area contributed by atoms with Crippen molar-refractivity contribution in [3.8, 4) is 6.07 Å². The molecule has 1 saturated heterocycles. The zero-order valence-electron chi connectivity index (χ0n) is 11.0. The lowest BCUT2D eigenvalue weighted by molar-refractivity contribution is -0.126. The normalized spacial score (nSPS) is 20.2. The van der Waals surface area contributed by atoms with E-state index < -0.39 is 16.1 Å². The smallest absolute Gasteiger partial charge is 0.238 e. The van der Waals surface area contributed by atoms with Crippen LogP contribution in [0.15, 0.2) is 24.3 Å². The minimum Gasteiger partial charge on any atom is -0.353 e. The standard InChI is InChI=1S/C13H15N3O3S/c1-10-13(17)15-5-6-16(10)20(18,19)9-12-4-2-3-11(7-12)8-14/h2-4,7,10H,5-6,9H2,1H3,(H,15,17). The third-order valence-electron chi connectivity index (χ3n) is 3.21. The molecule has 1 aliphatic heterocycles. The van der Waals surface area contributed by atoms with Crippen LogP contribution >= 0.6 is 0 Å². The maximum atomic E-state index is 12.4. The van der Waals surface area contributed by atoms with Crippen LogP contribution in [0, 0.1) is 11.3 Å². The van der Waals surface area contributed by atoms with E-state index in [9.17, 15) is 13.2 Å². The molecular formula is C13H15N3O3S. The fourth-order valence-corrected chi connectivity index (χ4v) is 3.88. The number of piperazine rings is 1. The van der Waals surface area contributed by atoms with Crippen molar-refractivity contribution in [3.05, 3.63) is 35.4 Å². The molecule has 1 aromatic rings. The monoisotopic (exact) mass is 293 g/mol. The first-order valence-corrected chi connectivity index (χ1v) is 7.81. The fraction of sp³-hybridized carbons (Fsp3) is 0.385. The average Bonchev–Trinajstić information content (AvgIpc) is 2.41. The molecule has 20 heavy (non-hydrogen) atoms. The Morgan fingerprint density at radius 1 is 1.50 bits per heavy atom. The molecule has 0 aliphatic carbocycles. The van der Waals surface area contributed by atoms with Gasteiger partial charge in [0.2, 0.25) is 15.9 Å². The van der Waals surface area contributed by atoms with Crippen LogP contribution in [0.3, 0.4) is 0 Å². The van der Waals surface area contributed by atoms with Crippen LogP contribution in [0.1, 0.15) is 18.1 Å². The van der Waals surface area contributed by atoms with Gasteiger partial charge in [0, 0.05) is 13.1 Å². The number of amides is 1. The minimum atomic E-state index is -3.58. The van der Waals surface area contributed by atoms with Crippen molar-refractivity contribution in [2.75, 3.05) is 13.1 Å². The summed E-state index contributed by atoms with van der Waals surface area (Å²) in [4.78, 5) is 11.5. The van der Waals surface area contributed by atoms with Gasteiger partial charge >= 0.3 is 0 Å². The Hall–Kier alpha value is -1.91. The largest absolute Gasteiger partial charge is 0.353 e. The zero-order valence-corrected chi connectivity index (χ0v) is 11.9. The van der Waals surface area contributed by atoms with Crippen molar-refractivity contribution < 1.29 is 13.2 Å². The van der Waals surface area contributed by atoms with Gasteiger partial charge in [0.25, 0.3) is 0 Å². The van der Waals surface area contributed by atoms with Crippen LogP contribution in [0.2, 0.25) is 0 Å². The highest BCUT2D eigenvalue weighted by atomic mass is 32.2. The molecule has 2 rings (SSSR count). The lowest BCUT2D eigenvalue weighted by atomic mass is 10.2. The van der Waals surface area contributed by atoms with Crippen LogP contribution < -0.4 is 5.32 Å². The SMILES string of the molecule is CC1C(=O)NCCN1S(=O)(=O)Cc1cccc(C#N)c1. The van der Waals surface area contributed by atoms with E-state index in [1.54, 1.807) is 31.2 Å². The van der Waals surface area contributed by atoms with Gasteiger partial charge in [-0.3, -0.25) is 4.79 Å². The van der Waals surface area contributed by atoms with Gasteiger partial charge < -0.3 is 5.32 Å². The fourth-order valence-electron chi connectivity index (χ4n) is 2.17. The van der Waals surface area contributed by atoms with E-state index in [-0.39, 0.29) is 18.2 Å². The highest BCUT2D eigenvalue weighted by molar-refractivity contribution is 7.88. The second-order valence-corrected chi connectivity index (χ2v) is 6.57. The highest BCUT2D eigenvalue weighted by Crippen LogP contribution is 2.16. The highest BCUT2D eigenvalue weighted by Gasteiger charge is 2.34. The molecule has 1 aliphatic rings. The number of carbonyl (C=O) groups is 1. The number of sulfonamides is 1. The lowest BCUT2D eigenvalue weighted by Crippen LogP contribution is -2.55. The minimum absolute atomic E-state index is 0.208. The molecule has 106 valence electrons. The van der Waals surface area contributed by atoms with Gasteiger partial charge in [-0.1, -0.05) is 12.1 Å². The Bertz CT molecular complexity index is 664. The Morgan fingerprint density at radius 3 is 2.95 bits per heavy atom. The maximum Gasteiger partial charge on any atom is 0.238 e. The summed E-state index contributed by atoms with van der Waals surface area (Å²) in [5.41, 5.74) is 0.962. The Morgan fingerprint density at radius 2 is 2.25 bits per heavy atom. The quantitative estimate of drug-likeness (QED) is 0.862. The molecule has 1 amide bonds. The number of carbonyl (C=O) groups excluding carboxylic acids is 1. The van der Waals surface area contributed by atoms with Gasteiger partial charge in [-0.2, -0.15) is 9.57 Å². The second-order valence-electron chi connectivity index (χ2n) is 4.65. The van der Waals surface area contributed by atoms with Gasteiger partial charge in [0.05, 0.1) is 17.4 Å². The van der Waals surface area contributed by atoms with Crippen molar-refractivity contribution in [3.63, 3.8) is 0 Å². The van der Waals surface area contributed by atoms with Crippen LogP contribution in [-0.4, -0.2) is 37.8 Å². The number of nitrogens with zero attached hydrogens (tertiary/aromatic N) is 2. The van der Waals surface area contributed by atoms with E-state index in [4.69, 9.17) is 5.26 Å². The van der Waals surface area contributed by atoms with Gasteiger partial charge in [-0.15, -0.1) is 0 Å². The van der Waals surface area contributed by atoms with Gasteiger partial charge in [-0.05, 0) is 24.6 Å². The van der Waals surface area contributed by atoms with Crippen molar-refractivity contribution >= 4 is 15.9 Å². The van der Waals surface area contributed by atoms with Crippen LogP contribution in [0.25, 0.3) is 0 Å². The predicted octanol–water partition coefficient (Wildman–Crippen LogP) is 0.208.